The maximum Gasteiger partial charge on any atom is 0.243 e. The highest BCUT2D eigenvalue weighted by molar-refractivity contribution is 7.89. The van der Waals surface area contributed by atoms with Crippen LogP contribution < -0.4 is 5.73 Å². The lowest BCUT2D eigenvalue weighted by atomic mass is 10.1. The van der Waals surface area contributed by atoms with E-state index in [0.29, 0.717) is 22.6 Å². The van der Waals surface area contributed by atoms with Crippen LogP contribution in [0.3, 0.4) is 0 Å². The fourth-order valence-corrected chi connectivity index (χ4v) is 3.84. The van der Waals surface area contributed by atoms with Gasteiger partial charge in [-0.25, -0.2) is 13.4 Å². The predicted molar refractivity (Wildman–Crippen MR) is 80.1 cm³/mol. The molecular weight excluding hydrogens is 290 g/mol. The van der Waals surface area contributed by atoms with Gasteiger partial charge >= 0.3 is 0 Å². The van der Waals surface area contributed by atoms with E-state index in [4.69, 9.17) is 5.73 Å². The van der Waals surface area contributed by atoms with Crippen LogP contribution in [-0.2, 0) is 16.6 Å². The Morgan fingerprint density at radius 3 is 2.52 bits per heavy atom. The van der Waals surface area contributed by atoms with E-state index in [1.54, 1.807) is 19.9 Å². The van der Waals surface area contributed by atoms with Gasteiger partial charge < -0.3 is 5.73 Å². The Morgan fingerprint density at radius 2 is 1.95 bits per heavy atom. The molecule has 2 aromatic rings. The Labute approximate surface area is 124 Å². The highest BCUT2D eigenvalue weighted by Crippen LogP contribution is 2.30. The van der Waals surface area contributed by atoms with Crippen molar-refractivity contribution >= 4 is 15.7 Å². The van der Waals surface area contributed by atoms with Gasteiger partial charge in [0.25, 0.3) is 0 Å². The summed E-state index contributed by atoms with van der Waals surface area (Å²) in [4.78, 5) is 4.21. The van der Waals surface area contributed by atoms with Crippen LogP contribution in [0.15, 0.2) is 17.3 Å². The minimum absolute atomic E-state index is 0.120. The number of anilines is 1. The zero-order valence-electron chi connectivity index (χ0n) is 12.5. The number of aryl methyl sites for hydroxylation is 1. The van der Waals surface area contributed by atoms with Crippen molar-refractivity contribution in [2.75, 3.05) is 12.8 Å². The van der Waals surface area contributed by atoms with Crippen molar-refractivity contribution in [1.82, 2.24) is 19.5 Å². The molecule has 0 saturated carbocycles. The number of hydrogen-bond donors (Lipinski definition) is 2. The fourth-order valence-electron chi connectivity index (χ4n) is 2.19. The molecule has 1 aromatic heterocycles. The number of sulfonamides is 1. The summed E-state index contributed by atoms with van der Waals surface area (Å²) >= 11 is 0. The predicted octanol–water partition coefficient (Wildman–Crippen LogP) is 1.13. The molecule has 21 heavy (non-hydrogen) atoms. The van der Waals surface area contributed by atoms with E-state index in [-0.39, 0.29) is 11.4 Å². The van der Waals surface area contributed by atoms with E-state index in [9.17, 15) is 8.42 Å². The molecule has 0 aliphatic rings. The first-order chi connectivity index (χ1) is 9.75. The number of nitrogens with two attached hydrogens (primary N) is 1. The van der Waals surface area contributed by atoms with E-state index in [0.717, 1.165) is 5.56 Å². The van der Waals surface area contributed by atoms with Gasteiger partial charge in [0.05, 0.1) is 11.4 Å². The Balaban J connectivity index is 2.49. The molecule has 0 atom stereocenters. The number of nitrogens with zero attached hydrogens (tertiary/aromatic N) is 3. The highest BCUT2D eigenvalue weighted by atomic mass is 32.2. The second-order valence-electron chi connectivity index (χ2n) is 5.06. The molecule has 0 aliphatic heterocycles. The Morgan fingerprint density at radius 1 is 1.29 bits per heavy atom. The van der Waals surface area contributed by atoms with Crippen molar-refractivity contribution in [3.8, 4) is 0 Å². The van der Waals surface area contributed by atoms with Crippen molar-refractivity contribution < 1.29 is 8.42 Å². The van der Waals surface area contributed by atoms with Crippen LogP contribution in [0.2, 0.25) is 0 Å². The highest BCUT2D eigenvalue weighted by Gasteiger charge is 2.27. The van der Waals surface area contributed by atoms with Crippen LogP contribution in [0.5, 0.6) is 0 Å². The van der Waals surface area contributed by atoms with Crippen molar-refractivity contribution in [3.63, 3.8) is 0 Å². The molecule has 0 spiro atoms. The molecule has 0 aliphatic carbocycles. The third kappa shape index (κ3) is 2.77. The number of nitrogens with one attached hydrogen (secondary N) is 1. The second-order valence-corrected chi connectivity index (χ2v) is 7.04. The van der Waals surface area contributed by atoms with E-state index in [1.165, 1.54) is 17.7 Å². The van der Waals surface area contributed by atoms with Crippen LogP contribution in [0.25, 0.3) is 0 Å². The van der Waals surface area contributed by atoms with E-state index in [1.807, 2.05) is 6.92 Å². The molecule has 114 valence electrons. The lowest BCUT2D eigenvalue weighted by molar-refractivity contribution is 0.456. The largest absolute Gasteiger partial charge is 0.398 e. The van der Waals surface area contributed by atoms with Gasteiger partial charge in [-0.05, 0) is 43.5 Å². The number of nitrogen functional groups attached to an aromatic ring is 1. The summed E-state index contributed by atoms with van der Waals surface area (Å²) in [6, 6.07) is 1.79. The lowest BCUT2D eigenvalue weighted by Crippen LogP contribution is -2.28. The monoisotopic (exact) mass is 309 g/mol. The molecule has 8 heteroatoms. The summed E-state index contributed by atoms with van der Waals surface area (Å²) in [6.45, 7) is 5.48. The molecule has 0 bridgehead atoms. The van der Waals surface area contributed by atoms with Gasteiger partial charge in [-0.15, -0.1) is 0 Å². The van der Waals surface area contributed by atoms with Gasteiger partial charge in [0.2, 0.25) is 10.0 Å². The standard InChI is InChI=1S/C13H19N5O2S/c1-8-5-11(14)10(3)13(9(8)2)21(19,20)18(4)6-12-15-7-16-17-12/h5,7H,6,14H2,1-4H3,(H,15,16,17). The smallest absolute Gasteiger partial charge is 0.243 e. The minimum atomic E-state index is -3.66. The molecule has 0 radical (unpaired) electrons. The lowest BCUT2D eigenvalue weighted by Gasteiger charge is -2.21. The minimum Gasteiger partial charge on any atom is -0.398 e. The first-order valence-corrected chi connectivity index (χ1v) is 7.86. The van der Waals surface area contributed by atoms with Gasteiger partial charge in [0.15, 0.2) is 0 Å². The van der Waals surface area contributed by atoms with Crippen molar-refractivity contribution in [2.45, 2.75) is 32.2 Å². The van der Waals surface area contributed by atoms with Gasteiger partial charge in [-0.3, -0.25) is 5.10 Å². The van der Waals surface area contributed by atoms with Gasteiger partial charge in [-0.1, -0.05) is 0 Å². The molecule has 0 amide bonds. The van der Waals surface area contributed by atoms with Crippen molar-refractivity contribution in [1.29, 1.82) is 0 Å². The van der Waals surface area contributed by atoms with Gasteiger partial charge in [0.1, 0.15) is 12.2 Å². The Hall–Kier alpha value is -1.93. The zero-order chi connectivity index (χ0) is 15.8. The van der Waals surface area contributed by atoms with E-state index >= 15 is 0 Å². The maximum atomic E-state index is 12.8. The number of H-pyrrole nitrogens is 1. The first kappa shape index (κ1) is 15.5. The molecule has 7 nitrogen and oxygen atoms in total. The average molecular weight is 309 g/mol. The number of hydrogen-bond acceptors (Lipinski definition) is 5. The molecule has 0 fully saturated rings. The first-order valence-electron chi connectivity index (χ1n) is 6.42. The van der Waals surface area contributed by atoms with Crippen LogP contribution in [-0.4, -0.2) is 35.0 Å². The second kappa shape index (κ2) is 5.45. The van der Waals surface area contributed by atoms with Crippen LogP contribution in [0, 0.1) is 20.8 Å². The SMILES string of the molecule is Cc1cc(N)c(C)c(S(=O)(=O)N(C)Cc2ncn[nH]2)c1C. The van der Waals surface area contributed by atoms with E-state index in [2.05, 4.69) is 15.2 Å². The molecule has 2 rings (SSSR count). The molecule has 1 heterocycles. The Kier molecular flexibility index (Phi) is 4.02. The fraction of sp³-hybridized carbons (Fsp3) is 0.385. The van der Waals surface area contributed by atoms with Crippen LogP contribution in [0.4, 0.5) is 5.69 Å². The molecule has 3 N–H and O–H groups in total. The summed E-state index contributed by atoms with van der Waals surface area (Å²) in [5.41, 5.74) is 8.53. The topological polar surface area (TPSA) is 105 Å². The maximum absolute atomic E-state index is 12.8. The van der Waals surface area contributed by atoms with Crippen molar-refractivity contribution in [2.24, 2.45) is 0 Å². The number of benzene rings is 1. The number of aromatic nitrogens is 3. The van der Waals surface area contributed by atoms with Gasteiger partial charge in [-0.2, -0.15) is 9.40 Å². The van der Waals surface area contributed by atoms with Crippen molar-refractivity contribution in [3.05, 3.63) is 34.9 Å². The number of rotatable bonds is 4. The normalized spacial score (nSPS) is 12.0. The average Bonchev–Trinajstić information content (AvgIpc) is 2.89. The van der Waals surface area contributed by atoms with Crippen LogP contribution in [0.1, 0.15) is 22.5 Å². The quantitative estimate of drug-likeness (QED) is 0.824. The Bertz CT molecular complexity index is 727. The molecular formula is C13H19N5O2S. The third-order valence-electron chi connectivity index (χ3n) is 3.58. The molecule has 0 saturated heterocycles. The summed E-state index contributed by atoms with van der Waals surface area (Å²) in [7, 11) is -2.15. The third-order valence-corrected chi connectivity index (χ3v) is 5.66. The summed E-state index contributed by atoms with van der Waals surface area (Å²) in [6.07, 6.45) is 1.34. The summed E-state index contributed by atoms with van der Waals surface area (Å²) < 4.78 is 26.9. The molecule has 0 unspecified atom stereocenters. The summed E-state index contributed by atoms with van der Waals surface area (Å²) in [5.74, 6) is 0.483. The van der Waals surface area contributed by atoms with Crippen LogP contribution >= 0.6 is 0 Å². The molecule has 1 aromatic carbocycles. The van der Waals surface area contributed by atoms with E-state index < -0.39 is 10.0 Å². The zero-order valence-corrected chi connectivity index (χ0v) is 13.3. The summed E-state index contributed by atoms with van der Waals surface area (Å²) in [5, 5.41) is 6.37. The number of aromatic amines is 1. The van der Waals surface area contributed by atoms with Gasteiger partial charge in [0, 0.05) is 12.7 Å².